The summed E-state index contributed by atoms with van der Waals surface area (Å²) in [5.41, 5.74) is -0.0616. The quantitative estimate of drug-likeness (QED) is 0.659. The zero-order valence-electron chi connectivity index (χ0n) is 8.56. The minimum atomic E-state index is -1.16. The molecule has 1 unspecified atom stereocenters. The molecule has 0 spiro atoms. The maximum absolute atomic E-state index is 11.6. The van der Waals surface area contributed by atoms with Crippen molar-refractivity contribution >= 4 is 40.9 Å². The Morgan fingerprint density at radius 1 is 1.53 bits per heavy atom. The van der Waals surface area contributed by atoms with E-state index in [0.29, 0.717) is 0 Å². The van der Waals surface area contributed by atoms with Crippen LogP contribution in [0.1, 0.15) is 16.8 Å². The van der Waals surface area contributed by atoms with Gasteiger partial charge < -0.3 is 5.11 Å². The van der Waals surface area contributed by atoms with Gasteiger partial charge in [-0.05, 0) is 12.1 Å². The Hall–Kier alpha value is -1.33. The monoisotopic (exact) mass is 274 g/mol. The lowest BCUT2D eigenvalue weighted by atomic mass is 10.2. The molecule has 1 amide bonds. The zero-order chi connectivity index (χ0) is 12.6. The molecule has 0 saturated carbocycles. The van der Waals surface area contributed by atoms with Gasteiger partial charge in [-0.15, -0.1) is 11.6 Å². The van der Waals surface area contributed by atoms with Crippen LogP contribution in [0.15, 0.2) is 12.1 Å². The fourth-order valence-corrected chi connectivity index (χ4v) is 2.08. The Morgan fingerprint density at radius 3 is 2.76 bits per heavy atom. The van der Waals surface area contributed by atoms with Gasteiger partial charge >= 0.3 is 5.97 Å². The maximum Gasteiger partial charge on any atom is 0.339 e. The summed E-state index contributed by atoms with van der Waals surface area (Å²) >= 11 is 11.6. The van der Waals surface area contributed by atoms with Crippen molar-refractivity contribution in [1.82, 2.24) is 4.98 Å². The second-order valence-electron chi connectivity index (χ2n) is 3.62. The summed E-state index contributed by atoms with van der Waals surface area (Å²) in [7, 11) is 0. The first-order valence-electron chi connectivity index (χ1n) is 4.83. The van der Waals surface area contributed by atoms with Gasteiger partial charge in [0.25, 0.3) is 0 Å². The Morgan fingerprint density at radius 2 is 2.24 bits per heavy atom. The van der Waals surface area contributed by atoms with Crippen LogP contribution in [0.5, 0.6) is 0 Å². The first-order chi connectivity index (χ1) is 7.99. The lowest BCUT2D eigenvalue weighted by Crippen LogP contribution is -2.27. The molecule has 1 saturated heterocycles. The summed E-state index contributed by atoms with van der Waals surface area (Å²) in [5, 5.41) is 8.82. The molecule has 0 radical (unpaired) electrons. The minimum absolute atomic E-state index is 0.0538. The molecule has 1 aromatic heterocycles. The number of nitrogens with zero attached hydrogens (tertiary/aromatic N) is 2. The summed E-state index contributed by atoms with van der Waals surface area (Å²) < 4.78 is 0. The molecule has 1 aliphatic rings. The lowest BCUT2D eigenvalue weighted by molar-refractivity contribution is -0.117. The molecule has 2 heterocycles. The minimum Gasteiger partial charge on any atom is -0.478 e. The van der Waals surface area contributed by atoms with Crippen LogP contribution in [-0.4, -0.2) is 33.9 Å². The van der Waals surface area contributed by atoms with Crippen LogP contribution in [0.2, 0.25) is 5.15 Å². The molecule has 7 heteroatoms. The van der Waals surface area contributed by atoms with Crippen molar-refractivity contribution in [2.45, 2.75) is 11.8 Å². The number of hydrogen-bond acceptors (Lipinski definition) is 3. The van der Waals surface area contributed by atoms with Gasteiger partial charge in [0.1, 0.15) is 10.7 Å². The number of hydrogen-bond donors (Lipinski definition) is 1. The van der Waals surface area contributed by atoms with Gasteiger partial charge in [-0.2, -0.15) is 0 Å². The number of halogens is 2. The molecule has 0 aromatic carbocycles. The summed E-state index contributed by atoms with van der Waals surface area (Å²) in [6.45, 7) is 0.244. The van der Waals surface area contributed by atoms with Gasteiger partial charge in [0.15, 0.2) is 5.82 Å². The largest absolute Gasteiger partial charge is 0.478 e. The normalized spacial score (nSPS) is 19.8. The number of carboxylic acid groups (broad SMARTS) is 1. The number of amides is 1. The van der Waals surface area contributed by atoms with E-state index in [1.165, 1.54) is 17.0 Å². The SMILES string of the molecule is O=C(O)c1ccc(Cl)nc1N1CC(Cl)CC1=O. The molecule has 0 aliphatic carbocycles. The molecule has 1 N–H and O–H groups in total. The standard InChI is InChI=1S/C10H8Cl2N2O3/c11-5-3-8(15)14(4-5)9-6(10(16)17)1-2-7(12)13-9/h1-2,5H,3-4H2,(H,16,17). The van der Waals surface area contributed by atoms with Crippen LogP contribution >= 0.6 is 23.2 Å². The number of alkyl halides is 1. The van der Waals surface area contributed by atoms with E-state index in [1.54, 1.807) is 0 Å². The van der Waals surface area contributed by atoms with E-state index in [-0.39, 0.29) is 40.8 Å². The van der Waals surface area contributed by atoms with E-state index >= 15 is 0 Å². The van der Waals surface area contributed by atoms with Crippen LogP contribution in [-0.2, 0) is 4.79 Å². The van der Waals surface area contributed by atoms with Crippen LogP contribution in [0.3, 0.4) is 0 Å². The number of aromatic nitrogens is 1. The second-order valence-corrected chi connectivity index (χ2v) is 4.62. The molecule has 2 rings (SSSR count). The lowest BCUT2D eigenvalue weighted by Gasteiger charge is -2.16. The van der Waals surface area contributed by atoms with Crippen LogP contribution in [0.4, 0.5) is 5.82 Å². The third-order valence-corrected chi connectivity index (χ3v) is 2.91. The van der Waals surface area contributed by atoms with Crippen molar-refractivity contribution in [2.75, 3.05) is 11.4 Å². The maximum atomic E-state index is 11.6. The molecule has 1 atom stereocenters. The Labute approximate surface area is 107 Å². The average molecular weight is 275 g/mol. The number of carbonyl (C=O) groups is 2. The highest BCUT2D eigenvalue weighted by Gasteiger charge is 2.32. The van der Waals surface area contributed by atoms with E-state index in [4.69, 9.17) is 28.3 Å². The van der Waals surface area contributed by atoms with Gasteiger partial charge in [-0.3, -0.25) is 9.69 Å². The van der Waals surface area contributed by atoms with Crippen molar-refractivity contribution < 1.29 is 14.7 Å². The number of pyridine rings is 1. The van der Waals surface area contributed by atoms with Crippen molar-refractivity contribution in [3.63, 3.8) is 0 Å². The van der Waals surface area contributed by atoms with Gasteiger partial charge in [-0.25, -0.2) is 9.78 Å². The van der Waals surface area contributed by atoms with Gasteiger partial charge in [0, 0.05) is 13.0 Å². The molecule has 17 heavy (non-hydrogen) atoms. The fraction of sp³-hybridized carbons (Fsp3) is 0.300. The number of aromatic carboxylic acids is 1. The summed E-state index contributed by atoms with van der Waals surface area (Å²) in [6, 6.07) is 2.69. The van der Waals surface area contributed by atoms with Crippen LogP contribution in [0.25, 0.3) is 0 Å². The predicted octanol–water partition coefficient (Wildman–Crippen LogP) is 1.78. The number of rotatable bonds is 2. The average Bonchev–Trinajstić information content (AvgIpc) is 2.57. The highest BCUT2D eigenvalue weighted by Crippen LogP contribution is 2.27. The van der Waals surface area contributed by atoms with Crippen molar-refractivity contribution in [1.29, 1.82) is 0 Å². The highest BCUT2D eigenvalue weighted by atomic mass is 35.5. The summed E-state index contributed by atoms with van der Waals surface area (Å²) in [6.07, 6.45) is 0.175. The summed E-state index contributed by atoms with van der Waals surface area (Å²) in [5.74, 6) is -1.35. The van der Waals surface area contributed by atoms with E-state index in [0.717, 1.165) is 0 Å². The Kier molecular flexibility index (Phi) is 3.22. The van der Waals surface area contributed by atoms with Crippen LogP contribution in [0, 0.1) is 0 Å². The van der Waals surface area contributed by atoms with Gasteiger partial charge in [0.05, 0.1) is 5.38 Å². The van der Waals surface area contributed by atoms with Crippen molar-refractivity contribution in [2.24, 2.45) is 0 Å². The smallest absolute Gasteiger partial charge is 0.339 e. The first kappa shape index (κ1) is 12.1. The Balaban J connectivity index is 2.46. The molecule has 1 fully saturated rings. The molecular weight excluding hydrogens is 267 g/mol. The van der Waals surface area contributed by atoms with Crippen LogP contribution < -0.4 is 4.90 Å². The third kappa shape index (κ3) is 2.35. The van der Waals surface area contributed by atoms with E-state index in [9.17, 15) is 9.59 Å². The number of anilines is 1. The molecule has 5 nitrogen and oxygen atoms in total. The number of carbonyl (C=O) groups excluding carboxylic acids is 1. The second kappa shape index (κ2) is 4.50. The fourth-order valence-electron chi connectivity index (χ4n) is 1.67. The highest BCUT2D eigenvalue weighted by molar-refractivity contribution is 6.29. The molecular formula is C10H8Cl2N2O3. The van der Waals surface area contributed by atoms with E-state index in [1.807, 2.05) is 0 Å². The molecule has 1 aliphatic heterocycles. The molecule has 0 bridgehead atoms. The summed E-state index contributed by atoms with van der Waals surface area (Å²) in [4.78, 5) is 27.8. The number of carboxylic acids is 1. The van der Waals surface area contributed by atoms with Crippen molar-refractivity contribution in [3.05, 3.63) is 22.8 Å². The predicted molar refractivity (Wildman–Crippen MR) is 62.8 cm³/mol. The zero-order valence-corrected chi connectivity index (χ0v) is 10.1. The van der Waals surface area contributed by atoms with Gasteiger partial charge in [0.2, 0.25) is 5.91 Å². The third-order valence-electron chi connectivity index (χ3n) is 2.41. The van der Waals surface area contributed by atoms with Gasteiger partial charge in [-0.1, -0.05) is 11.6 Å². The van der Waals surface area contributed by atoms with Crippen molar-refractivity contribution in [3.8, 4) is 0 Å². The molecule has 1 aromatic rings. The van der Waals surface area contributed by atoms with E-state index < -0.39 is 5.97 Å². The van der Waals surface area contributed by atoms with E-state index in [2.05, 4.69) is 4.98 Å². The topological polar surface area (TPSA) is 70.5 Å². The Bertz CT molecular complexity index is 492. The first-order valence-corrected chi connectivity index (χ1v) is 5.64. The molecule has 90 valence electrons.